The molecule has 1 N–H and O–H groups in total. The first kappa shape index (κ1) is 22.7. The summed E-state index contributed by atoms with van der Waals surface area (Å²) in [6, 6.07) is 12.4. The zero-order valence-corrected chi connectivity index (χ0v) is 18.1. The molecule has 2 heterocycles. The molecule has 172 valence electrons. The van der Waals surface area contributed by atoms with E-state index in [9.17, 15) is 23.1 Å². The topological polar surface area (TPSA) is 82.2 Å². The Labute approximate surface area is 191 Å². The van der Waals surface area contributed by atoms with E-state index in [4.69, 9.17) is 16.3 Å². The number of aryl methyl sites for hydroxylation is 1. The number of carboxylic acid groups (broad SMARTS) is 1. The molecule has 0 radical (unpaired) electrons. The number of halogens is 4. The van der Waals surface area contributed by atoms with Gasteiger partial charge < -0.3 is 14.4 Å². The molecule has 0 saturated carbocycles. The van der Waals surface area contributed by atoms with Gasteiger partial charge in [-0.2, -0.15) is 28.2 Å². The summed E-state index contributed by atoms with van der Waals surface area (Å²) in [6.45, 7) is 1.68. The number of carboxylic acids is 1. The molecule has 4 aromatic rings. The zero-order chi connectivity index (χ0) is 23.8. The fraction of sp³-hybridized carbons (Fsp3) is 0.227. The molecule has 11 heteroatoms. The number of para-hydroxylation sites is 1. The molecular formula is C22H18ClF3N4O3. The lowest BCUT2D eigenvalue weighted by Gasteiger charge is -2.10. The summed E-state index contributed by atoms with van der Waals surface area (Å²) in [5.74, 6) is -0.576. The quantitative estimate of drug-likeness (QED) is 0.408. The molecule has 0 aliphatic rings. The number of aliphatic carboxylic acids is 1. The van der Waals surface area contributed by atoms with Crippen LogP contribution in [0.3, 0.4) is 0 Å². The van der Waals surface area contributed by atoms with Gasteiger partial charge in [0.15, 0.2) is 5.88 Å². The average molecular weight is 479 g/mol. The number of hydrogen-bond donors (Lipinski definition) is 1. The predicted molar refractivity (Wildman–Crippen MR) is 115 cm³/mol. The van der Waals surface area contributed by atoms with Gasteiger partial charge in [0.25, 0.3) is 0 Å². The fourth-order valence-electron chi connectivity index (χ4n) is 3.47. The van der Waals surface area contributed by atoms with Crippen LogP contribution in [-0.2, 0) is 23.9 Å². The molecule has 0 aliphatic heterocycles. The number of fused-ring (bicyclic) bond motifs is 1. The number of carbonyl (C=O) groups is 1. The van der Waals surface area contributed by atoms with Gasteiger partial charge >= 0.3 is 12.1 Å². The number of hydrogen-bond acceptors (Lipinski definition) is 4. The SMILES string of the molecule is Cc1nn(-c2ccc(C(F)(F)F)c(Cl)c2)nc1CCOc1cc2ccccc2n1CC(=O)O. The summed E-state index contributed by atoms with van der Waals surface area (Å²) in [7, 11) is 0. The molecule has 0 fully saturated rings. The zero-order valence-electron chi connectivity index (χ0n) is 17.3. The van der Waals surface area contributed by atoms with E-state index >= 15 is 0 Å². The summed E-state index contributed by atoms with van der Waals surface area (Å²) < 4.78 is 46.2. The van der Waals surface area contributed by atoms with Crippen LogP contribution in [0.2, 0.25) is 5.02 Å². The molecule has 0 aliphatic carbocycles. The molecule has 0 atom stereocenters. The fourth-order valence-corrected chi connectivity index (χ4v) is 3.75. The highest BCUT2D eigenvalue weighted by molar-refractivity contribution is 6.31. The molecule has 0 unspecified atom stereocenters. The van der Waals surface area contributed by atoms with Crippen molar-refractivity contribution in [1.82, 2.24) is 19.6 Å². The number of ether oxygens (including phenoxy) is 1. The Morgan fingerprint density at radius 3 is 2.61 bits per heavy atom. The molecule has 0 bridgehead atoms. The van der Waals surface area contributed by atoms with Crippen LogP contribution in [0.25, 0.3) is 16.6 Å². The molecule has 0 saturated heterocycles. The summed E-state index contributed by atoms with van der Waals surface area (Å²) in [6.07, 6.45) is -4.19. The summed E-state index contributed by atoms with van der Waals surface area (Å²) >= 11 is 5.79. The van der Waals surface area contributed by atoms with Crippen LogP contribution in [0, 0.1) is 6.92 Å². The standard InChI is InChI=1S/C22H18ClF3N4O3/c1-13-18(28-30(27-13)15-6-7-16(17(23)11-15)22(24,25)26)8-9-33-20-10-14-4-2-3-5-19(14)29(20)12-21(31)32/h2-7,10-11H,8-9,12H2,1H3,(H,31,32). The van der Waals surface area contributed by atoms with Crippen molar-refractivity contribution in [2.45, 2.75) is 26.1 Å². The van der Waals surface area contributed by atoms with Crippen molar-refractivity contribution in [1.29, 1.82) is 0 Å². The van der Waals surface area contributed by atoms with Crippen LogP contribution in [0.5, 0.6) is 5.88 Å². The van der Waals surface area contributed by atoms with E-state index in [1.807, 2.05) is 24.3 Å². The first-order valence-electron chi connectivity index (χ1n) is 9.86. The average Bonchev–Trinajstić information content (AvgIpc) is 3.27. The summed E-state index contributed by atoms with van der Waals surface area (Å²) in [4.78, 5) is 12.5. The van der Waals surface area contributed by atoms with E-state index < -0.39 is 22.7 Å². The van der Waals surface area contributed by atoms with Crippen molar-refractivity contribution in [3.8, 4) is 11.6 Å². The normalized spacial score (nSPS) is 11.8. The highest BCUT2D eigenvalue weighted by Gasteiger charge is 2.33. The minimum Gasteiger partial charge on any atom is -0.480 e. The molecule has 2 aromatic carbocycles. The van der Waals surface area contributed by atoms with Gasteiger partial charge in [-0.3, -0.25) is 4.79 Å². The van der Waals surface area contributed by atoms with Gasteiger partial charge in [-0.15, -0.1) is 0 Å². The van der Waals surface area contributed by atoms with Crippen molar-refractivity contribution < 1.29 is 27.8 Å². The molecule has 2 aromatic heterocycles. The third kappa shape index (κ3) is 4.80. The Morgan fingerprint density at radius 2 is 1.91 bits per heavy atom. The second-order valence-corrected chi connectivity index (χ2v) is 7.71. The Kier molecular flexibility index (Phi) is 6.03. The van der Waals surface area contributed by atoms with Gasteiger partial charge in [0.2, 0.25) is 0 Å². The van der Waals surface area contributed by atoms with Crippen LogP contribution < -0.4 is 4.74 Å². The van der Waals surface area contributed by atoms with Crippen LogP contribution in [0.15, 0.2) is 48.5 Å². The Balaban J connectivity index is 1.50. The number of aromatic nitrogens is 4. The minimum absolute atomic E-state index is 0.198. The van der Waals surface area contributed by atoms with Crippen LogP contribution in [0.1, 0.15) is 17.0 Å². The minimum atomic E-state index is -4.55. The van der Waals surface area contributed by atoms with Gasteiger partial charge in [0.1, 0.15) is 6.54 Å². The van der Waals surface area contributed by atoms with Crippen molar-refractivity contribution in [2.24, 2.45) is 0 Å². The predicted octanol–water partition coefficient (Wildman–Crippen LogP) is 4.91. The molecular weight excluding hydrogens is 461 g/mol. The van der Waals surface area contributed by atoms with Gasteiger partial charge in [-0.25, -0.2) is 0 Å². The Bertz CT molecular complexity index is 1330. The molecule has 4 rings (SSSR count). The lowest BCUT2D eigenvalue weighted by atomic mass is 10.2. The maximum Gasteiger partial charge on any atom is 0.417 e. The first-order valence-corrected chi connectivity index (χ1v) is 10.2. The molecule has 0 spiro atoms. The summed E-state index contributed by atoms with van der Waals surface area (Å²) in [5.41, 5.74) is 1.29. The number of alkyl halides is 3. The van der Waals surface area contributed by atoms with Crippen LogP contribution in [-0.4, -0.2) is 37.2 Å². The third-order valence-electron chi connectivity index (χ3n) is 5.02. The highest BCUT2D eigenvalue weighted by Crippen LogP contribution is 2.35. The smallest absolute Gasteiger partial charge is 0.417 e. The van der Waals surface area contributed by atoms with Crippen LogP contribution >= 0.6 is 11.6 Å². The number of rotatable bonds is 7. The lowest BCUT2D eigenvalue weighted by molar-refractivity contribution is -0.138. The van der Waals surface area contributed by atoms with Gasteiger partial charge in [0, 0.05) is 17.9 Å². The monoisotopic (exact) mass is 478 g/mol. The number of nitrogens with zero attached hydrogens (tertiary/aromatic N) is 4. The first-order chi connectivity index (χ1) is 15.6. The Morgan fingerprint density at radius 1 is 1.15 bits per heavy atom. The van der Waals surface area contributed by atoms with E-state index in [2.05, 4.69) is 10.2 Å². The lowest BCUT2D eigenvalue weighted by Crippen LogP contribution is -2.12. The highest BCUT2D eigenvalue weighted by atomic mass is 35.5. The number of benzene rings is 2. The molecule has 7 nitrogen and oxygen atoms in total. The van der Waals surface area contributed by atoms with Crippen molar-refractivity contribution in [3.63, 3.8) is 0 Å². The maximum absolute atomic E-state index is 12.9. The van der Waals surface area contributed by atoms with E-state index in [0.717, 1.165) is 23.0 Å². The van der Waals surface area contributed by atoms with E-state index in [1.165, 1.54) is 10.9 Å². The summed E-state index contributed by atoms with van der Waals surface area (Å²) in [5, 5.41) is 18.3. The molecule has 0 amide bonds. The van der Waals surface area contributed by atoms with E-state index in [1.54, 1.807) is 17.6 Å². The van der Waals surface area contributed by atoms with Crippen LogP contribution in [0.4, 0.5) is 13.2 Å². The van der Waals surface area contributed by atoms with Gasteiger partial charge in [0.05, 0.1) is 39.8 Å². The van der Waals surface area contributed by atoms with Gasteiger partial charge in [-0.1, -0.05) is 29.8 Å². The van der Waals surface area contributed by atoms with Gasteiger partial charge in [-0.05, 0) is 31.2 Å². The van der Waals surface area contributed by atoms with Crippen molar-refractivity contribution in [3.05, 3.63) is 70.5 Å². The maximum atomic E-state index is 12.9. The molecule has 33 heavy (non-hydrogen) atoms. The third-order valence-corrected chi connectivity index (χ3v) is 5.33. The van der Waals surface area contributed by atoms with Crippen molar-refractivity contribution >= 4 is 28.5 Å². The van der Waals surface area contributed by atoms with Crippen molar-refractivity contribution in [2.75, 3.05) is 6.61 Å². The second-order valence-electron chi connectivity index (χ2n) is 7.30. The second kappa shape index (κ2) is 8.78. The largest absolute Gasteiger partial charge is 0.480 e. The van der Waals surface area contributed by atoms with E-state index in [-0.39, 0.29) is 13.2 Å². The Hall–Kier alpha value is -3.53. The van der Waals surface area contributed by atoms with E-state index in [0.29, 0.717) is 29.4 Å².